The third-order valence-electron chi connectivity index (χ3n) is 1.76. The summed E-state index contributed by atoms with van der Waals surface area (Å²) in [5.74, 6) is 0. The summed E-state index contributed by atoms with van der Waals surface area (Å²) in [6.07, 6.45) is 0. The van der Waals surface area contributed by atoms with Gasteiger partial charge in [0.1, 0.15) is 0 Å². The lowest BCUT2D eigenvalue weighted by Crippen LogP contribution is -2.15. The Kier molecular flexibility index (Phi) is 13.4. The Morgan fingerprint density at radius 2 is 1.67 bits per heavy atom. The minimum atomic E-state index is 1.09. The van der Waals surface area contributed by atoms with E-state index in [1.54, 1.807) is 0 Å². The monoisotopic (exact) mass is 229 g/mol. The molecule has 1 rings (SSSR count). The lowest BCUT2D eigenvalue weighted by molar-refractivity contribution is 0.349. The molecule has 0 amide bonds. The van der Waals surface area contributed by atoms with Crippen molar-refractivity contribution in [2.45, 2.75) is 48.1 Å². The molecule has 0 N–H and O–H groups in total. The van der Waals surface area contributed by atoms with Crippen molar-refractivity contribution in [3.63, 3.8) is 0 Å². The molecule has 0 atom stereocenters. The zero-order valence-corrected chi connectivity index (χ0v) is 12.2. The van der Waals surface area contributed by atoms with E-state index in [9.17, 15) is 0 Å². The number of hydrogen-bond acceptors (Lipinski definition) is 2. The van der Waals surface area contributed by atoms with Crippen molar-refractivity contribution in [3.8, 4) is 0 Å². The van der Waals surface area contributed by atoms with Crippen LogP contribution in [-0.2, 0) is 6.54 Å². The first-order valence-corrected chi connectivity index (χ1v) is 6.78. The Balaban J connectivity index is 0. The highest BCUT2D eigenvalue weighted by atomic mass is 32.1. The molecule has 1 heterocycles. The summed E-state index contributed by atoms with van der Waals surface area (Å²) < 4.78 is 0. The summed E-state index contributed by atoms with van der Waals surface area (Å²) in [7, 11) is 2.15. The third-order valence-corrected chi connectivity index (χ3v) is 2.75. The molecule has 1 nitrogen and oxygen atoms in total. The Morgan fingerprint density at radius 1 is 1.13 bits per heavy atom. The first kappa shape index (κ1) is 17.1. The van der Waals surface area contributed by atoms with Crippen LogP contribution < -0.4 is 0 Å². The first-order chi connectivity index (χ1) is 7.22. The van der Waals surface area contributed by atoms with Gasteiger partial charge in [0.05, 0.1) is 0 Å². The number of thiophene rings is 1. The summed E-state index contributed by atoms with van der Waals surface area (Å²) in [6.45, 7) is 14.5. The van der Waals surface area contributed by atoms with Crippen molar-refractivity contribution in [2.75, 3.05) is 13.6 Å². The zero-order chi connectivity index (χ0) is 12.3. The van der Waals surface area contributed by atoms with Gasteiger partial charge >= 0.3 is 0 Å². The van der Waals surface area contributed by atoms with Crippen LogP contribution in [0.4, 0.5) is 0 Å². The minimum Gasteiger partial charge on any atom is -0.302 e. The van der Waals surface area contributed by atoms with E-state index in [1.807, 2.05) is 39.0 Å². The molecule has 0 aliphatic carbocycles. The van der Waals surface area contributed by atoms with Gasteiger partial charge in [-0.1, -0.05) is 34.6 Å². The highest BCUT2D eigenvalue weighted by Crippen LogP contribution is 2.16. The molecule has 0 saturated heterocycles. The van der Waals surface area contributed by atoms with Crippen LogP contribution >= 0.6 is 11.3 Å². The third kappa shape index (κ3) is 8.64. The second-order valence-corrected chi connectivity index (χ2v) is 4.22. The van der Waals surface area contributed by atoms with Gasteiger partial charge in [-0.3, -0.25) is 0 Å². The maximum Gasteiger partial charge on any atom is 0.0324 e. The molecule has 15 heavy (non-hydrogen) atoms. The molecule has 0 aromatic carbocycles. The van der Waals surface area contributed by atoms with Crippen LogP contribution in [0.5, 0.6) is 0 Å². The highest BCUT2D eigenvalue weighted by molar-refractivity contribution is 7.11. The van der Waals surface area contributed by atoms with E-state index in [0.717, 1.165) is 13.1 Å². The van der Waals surface area contributed by atoms with Crippen molar-refractivity contribution in [2.24, 2.45) is 0 Å². The SMILES string of the molecule is CC.CC.CCN(C)Cc1ccc(C)s1. The highest BCUT2D eigenvalue weighted by Gasteiger charge is 1.98. The molecule has 1 aromatic rings. The Bertz CT molecular complexity index is 218. The van der Waals surface area contributed by atoms with Gasteiger partial charge in [-0.2, -0.15) is 0 Å². The lowest BCUT2D eigenvalue weighted by Gasteiger charge is -2.11. The van der Waals surface area contributed by atoms with Crippen molar-refractivity contribution in [3.05, 3.63) is 21.9 Å². The molecule has 0 radical (unpaired) electrons. The van der Waals surface area contributed by atoms with Crippen LogP contribution in [-0.4, -0.2) is 18.5 Å². The summed E-state index contributed by atoms with van der Waals surface area (Å²) in [5, 5.41) is 0. The molecule has 1 aromatic heterocycles. The first-order valence-electron chi connectivity index (χ1n) is 5.96. The maximum absolute atomic E-state index is 2.31. The van der Waals surface area contributed by atoms with Crippen LogP contribution in [0.25, 0.3) is 0 Å². The fourth-order valence-electron chi connectivity index (χ4n) is 0.948. The number of rotatable bonds is 3. The molecule has 0 aliphatic heterocycles. The van der Waals surface area contributed by atoms with Crippen LogP contribution in [0, 0.1) is 6.92 Å². The van der Waals surface area contributed by atoms with E-state index >= 15 is 0 Å². The van der Waals surface area contributed by atoms with Crippen LogP contribution in [0.1, 0.15) is 44.4 Å². The van der Waals surface area contributed by atoms with Crippen LogP contribution in [0.3, 0.4) is 0 Å². The molecule has 0 unspecified atom stereocenters. The summed E-state index contributed by atoms with van der Waals surface area (Å²) in [5.41, 5.74) is 0. The van der Waals surface area contributed by atoms with Gasteiger partial charge in [0.2, 0.25) is 0 Å². The molecule has 0 fully saturated rings. The standard InChI is InChI=1S/C9H15NS.2C2H6/c1-4-10(3)7-9-6-5-8(2)11-9;2*1-2/h5-6H,4,7H2,1-3H3;2*1-2H3. The largest absolute Gasteiger partial charge is 0.302 e. The summed E-state index contributed by atoms with van der Waals surface area (Å²) in [6, 6.07) is 4.40. The molecular formula is C13H27NS. The van der Waals surface area contributed by atoms with Gasteiger partial charge in [-0.05, 0) is 32.6 Å². The number of hydrogen-bond donors (Lipinski definition) is 0. The smallest absolute Gasteiger partial charge is 0.0324 e. The van der Waals surface area contributed by atoms with Gasteiger partial charge in [0.15, 0.2) is 0 Å². The predicted molar refractivity (Wildman–Crippen MR) is 73.8 cm³/mol. The topological polar surface area (TPSA) is 3.24 Å². The predicted octanol–water partition coefficient (Wildman–Crippen LogP) is 4.56. The van der Waals surface area contributed by atoms with Crippen molar-refractivity contribution in [1.29, 1.82) is 0 Å². The van der Waals surface area contributed by atoms with E-state index in [2.05, 4.69) is 37.9 Å². The van der Waals surface area contributed by atoms with Gasteiger partial charge in [0.25, 0.3) is 0 Å². The van der Waals surface area contributed by atoms with Gasteiger partial charge < -0.3 is 4.90 Å². The van der Waals surface area contributed by atoms with Crippen molar-refractivity contribution in [1.82, 2.24) is 4.90 Å². The summed E-state index contributed by atoms with van der Waals surface area (Å²) in [4.78, 5) is 5.18. The molecule has 90 valence electrons. The Labute approximate surface area is 100 Å². The van der Waals surface area contributed by atoms with Crippen molar-refractivity contribution < 1.29 is 0 Å². The van der Waals surface area contributed by atoms with E-state index < -0.39 is 0 Å². The lowest BCUT2D eigenvalue weighted by atomic mass is 10.4. The second-order valence-electron chi connectivity index (χ2n) is 2.84. The average Bonchev–Trinajstić information content (AvgIpc) is 2.69. The van der Waals surface area contributed by atoms with Crippen LogP contribution in [0.15, 0.2) is 12.1 Å². The fraction of sp³-hybridized carbons (Fsp3) is 0.692. The van der Waals surface area contributed by atoms with E-state index in [1.165, 1.54) is 9.75 Å². The van der Waals surface area contributed by atoms with E-state index in [0.29, 0.717) is 0 Å². The number of nitrogens with zero attached hydrogens (tertiary/aromatic N) is 1. The van der Waals surface area contributed by atoms with Crippen LogP contribution in [0.2, 0.25) is 0 Å². The quantitative estimate of drug-likeness (QED) is 0.734. The van der Waals surface area contributed by atoms with Crippen molar-refractivity contribution >= 4 is 11.3 Å². The molecule has 0 spiro atoms. The molecule has 0 saturated carbocycles. The molecule has 0 bridgehead atoms. The van der Waals surface area contributed by atoms with Gasteiger partial charge in [-0.25, -0.2) is 0 Å². The van der Waals surface area contributed by atoms with Gasteiger partial charge in [0, 0.05) is 16.3 Å². The fourth-order valence-corrected chi connectivity index (χ4v) is 1.92. The maximum atomic E-state index is 2.31. The normalized spacial score (nSPS) is 8.80. The summed E-state index contributed by atoms with van der Waals surface area (Å²) >= 11 is 1.89. The molecule has 0 aliphatic rings. The zero-order valence-electron chi connectivity index (χ0n) is 11.4. The molecule has 2 heteroatoms. The second kappa shape index (κ2) is 11.7. The molecular weight excluding hydrogens is 202 g/mol. The van der Waals surface area contributed by atoms with E-state index in [-0.39, 0.29) is 0 Å². The average molecular weight is 229 g/mol. The van der Waals surface area contributed by atoms with Gasteiger partial charge in [-0.15, -0.1) is 11.3 Å². The Morgan fingerprint density at radius 3 is 2.00 bits per heavy atom. The number of aryl methyl sites for hydroxylation is 1. The Hall–Kier alpha value is -0.340. The van der Waals surface area contributed by atoms with E-state index in [4.69, 9.17) is 0 Å². The minimum absolute atomic E-state index is 1.09.